The van der Waals surface area contributed by atoms with Crippen molar-refractivity contribution < 1.29 is 14.6 Å². The number of rotatable bonds is 2. The number of benzene rings is 1. The lowest BCUT2D eigenvalue weighted by Crippen LogP contribution is -2.15. The molecule has 3 N–H and O–H groups in total. The highest BCUT2D eigenvalue weighted by molar-refractivity contribution is 9.10. The molecular weight excluding hydrogens is 250 g/mol. The van der Waals surface area contributed by atoms with Crippen LogP contribution in [0.2, 0.25) is 0 Å². The molecule has 2 rings (SSSR count). The van der Waals surface area contributed by atoms with E-state index in [0.29, 0.717) is 11.5 Å². The minimum atomic E-state index is -0.442. The molecule has 0 radical (unpaired) electrons. The lowest BCUT2D eigenvalue weighted by atomic mass is 10.1. The molecule has 0 spiro atoms. The van der Waals surface area contributed by atoms with E-state index in [0.717, 1.165) is 10.0 Å². The lowest BCUT2D eigenvalue weighted by molar-refractivity contribution is 0.172. The Morgan fingerprint density at radius 1 is 1.50 bits per heavy atom. The fourth-order valence-corrected chi connectivity index (χ4v) is 1.83. The predicted octanol–water partition coefficient (Wildman–Crippen LogP) is 1.17. The van der Waals surface area contributed by atoms with Crippen LogP contribution < -0.4 is 15.2 Å². The summed E-state index contributed by atoms with van der Waals surface area (Å²) >= 11 is 3.34. The van der Waals surface area contributed by atoms with Gasteiger partial charge in [0.2, 0.25) is 6.79 Å². The van der Waals surface area contributed by atoms with Crippen LogP contribution in [0.25, 0.3) is 0 Å². The average Bonchev–Trinajstić information content (AvgIpc) is 2.62. The van der Waals surface area contributed by atoms with Crippen molar-refractivity contribution in [3.05, 3.63) is 22.2 Å². The zero-order valence-corrected chi connectivity index (χ0v) is 8.95. The standard InChI is InChI=1S/C9H10BrNO3/c10-5-1-6(7(11)3-12)9-8(2-5)13-4-14-9/h1-2,7,12H,3-4,11H2. The first-order valence-corrected chi connectivity index (χ1v) is 4.97. The quantitative estimate of drug-likeness (QED) is 0.837. The summed E-state index contributed by atoms with van der Waals surface area (Å²) in [6, 6.07) is 3.20. The van der Waals surface area contributed by atoms with E-state index >= 15 is 0 Å². The molecule has 0 fully saturated rings. The van der Waals surface area contributed by atoms with Crippen LogP contribution in [-0.2, 0) is 0 Å². The van der Waals surface area contributed by atoms with E-state index in [-0.39, 0.29) is 13.4 Å². The summed E-state index contributed by atoms with van der Waals surface area (Å²) in [7, 11) is 0. The Balaban J connectivity index is 2.48. The van der Waals surface area contributed by atoms with Crippen molar-refractivity contribution in [3.8, 4) is 11.5 Å². The van der Waals surface area contributed by atoms with Gasteiger partial charge >= 0.3 is 0 Å². The Morgan fingerprint density at radius 2 is 2.29 bits per heavy atom. The summed E-state index contributed by atoms with van der Waals surface area (Å²) in [5.74, 6) is 1.30. The first-order valence-electron chi connectivity index (χ1n) is 4.18. The second-order valence-corrected chi connectivity index (χ2v) is 3.93. The maximum atomic E-state index is 8.97. The van der Waals surface area contributed by atoms with Crippen LogP contribution in [0.15, 0.2) is 16.6 Å². The number of halogens is 1. The molecule has 1 aromatic carbocycles. The van der Waals surface area contributed by atoms with Crippen molar-refractivity contribution >= 4 is 15.9 Å². The highest BCUT2D eigenvalue weighted by atomic mass is 79.9. The van der Waals surface area contributed by atoms with Gasteiger partial charge in [0.15, 0.2) is 11.5 Å². The van der Waals surface area contributed by atoms with E-state index in [9.17, 15) is 0 Å². The van der Waals surface area contributed by atoms with Crippen molar-refractivity contribution in [1.82, 2.24) is 0 Å². The van der Waals surface area contributed by atoms with Crippen molar-refractivity contribution in [1.29, 1.82) is 0 Å². The van der Waals surface area contributed by atoms with Crippen LogP contribution >= 0.6 is 15.9 Å². The first kappa shape index (κ1) is 9.76. The van der Waals surface area contributed by atoms with E-state index in [4.69, 9.17) is 20.3 Å². The Hall–Kier alpha value is -0.780. The molecule has 1 unspecified atom stereocenters. The van der Waals surface area contributed by atoms with Gasteiger partial charge in [-0.15, -0.1) is 0 Å². The second-order valence-electron chi connectivity index (χ2n) is 3.02. The third kappa shape index (κ3) is 1.58. The largest absolute Gasteiger partial charge is 0.454 e. The van der Waals surface area contributed by atoms with Crippen molar-refractivity contribution in [2.75, 3.05) is 13.4 Å². The molecule has 0 bridgehead atoms. The van der Waals surface area contributed by atoms with E-state index in [1.54, 1.807) is 0 Å². The minimum Gasteiger partial charge on any atom is -0.454 e. The van der Waals surface area contributed by atoms with Crippen LogP contribution in [0, 0.1) is 0 Å². The average molecular weight is 260 g/mol. The molecule has 76 valence electrons. The number of aliphatic hydroxyl groups is 1. The molecule has 0 amide bonds. The summed E-state index contributed by atoms with van der Waals surface area (Å²) in [5, 5.41) is 8.97. The molecule has 1 aliphatic heterocycles. The maximum absolute atomic E-state index is 8.97. The number of nitrogens with two attached hydrogens (primary N) is 1. The number of ether oxygens (including phenoxy) is 2. The Morgan fingerprint density at radius 3 is 3.00 bits per heavy atom. The van der Waals surface area contributed by atoms with Crippen LogP contribution in [-0.4, -0.2) is 18.5 Å². The predicted molar refractivity (Wildman–Crippen MR) is 54.3 cm³/mol. The lowest BCUT2D eigenvalue weighted by Gasteiger charge is -2.11. The van der Waals surface area contributed by atoms with Crippen LogP contribution in [0.1, 0.15) is 11.6 Å². The number of fused-ring (bicyclic) bond motifs is 1. The van der Waals surface area contributed by atoms with Gasteiger partial charge in [0.1, 0.15) is 0 Å². The van der Waals surface area contributed by atoms with Gasteiger partial charge in [-0.1, -0.05) is 15.9 Å². The van der Waals surface area contributed by atoms with E-state index < -0.39 is 6.04 Å². The Bertz CT molecular complexity index is 356. The smallest absolute Gasteiger partial charge is 0.231 e. The summed E-state index contributed by atoms with van der Waals surface area (Å²) < 4.78 is 11.4. The van der Waals surface area contributed by atoms with Gasteiger partial charge in [0.05, 0.1) is 12.6 Å². The highest BCUT2D eigenvalue weighted by Gasteiger charge is 2.21. The normalized spacial score (nSPS) is 15.6. The Labute approximate surface area is 89.7 Å². The van der Waals surface area contributed by atoms with Crippen molar-refractivity contribution in [2.24, 2.45) is 5.73 Å². The Kier molecular flexibility index (Phi) is 2.62. The minimum absolute atomic E-state index is 0.119. The highest BCUT2D eigenvalue weighted by Crippen LogP contribution is 2.40. The summed E-state index contributed by atoms with van der Waals surface area (Å²) in [6.07, 6.45) is 0. The van der Waals surface area contributed by atoms with Gasteiger partial charge in [-0.2, -0.15) is 0 Å². The molecule has 1 aromatic rings. The number of aliphatic hydroxyl groups excluding tert-OH is 1. The molecule has 0 saturated carbocycles. The molecule has 0 aliphatic carbocycles. The summed E-state index contributed by atoms with van der Waals surface area (Å²) in [4.78, 5) is 0. The van der Waals surface area contributed by atoms with E-state index in [1.165, 1.54) is 0 Å². The molecule has 5 heteroatoms. The SMILES string of the molecule is NC(CO)c1cc(Br)cc2c1OCO2. The molecule has 4 nitrogen and oxygen atoms in total. The molecular formula is C9H10BrNO3. The molecule has 1 atom stereocenters. The maximum Gasteiger partial charge on any atom is 0.231 e. The van der Waals surface area contributed by atoms with Crippen LogP contribution in [0.3, 0.4) is 0 Å². The molecule has 14 heavy (non-hydrogen) atoms. The van der Waals surface area contributed by atoms with Gasteiger partial charge in [-0.3, -0.25) is 0 Å². The molecule has 0 aromatic heterocycles. The van der Waals surface area contributed by atoms with Crippen LogP contribution in [0.5, 0.6) is 11.5 Å². The van der Waals surface area contributed by atoms with Gasteiger partial charge in [-0.25, -0.2) is 0 Å². The second kappa shape index (κ2) is 3.76. The third-order valence-corrected chi connectivity index (χ3v) is 2.52. The van der Waals surface area contributed by atoms with Crippen molar-refractivity contribution in [2.45, 2.75) is 6.04 Å². The van der Waals surface area contributed by atoms with E-state index in [1.807, 2.05) is 12.1 Å². The zero-order chi connectivity index (χ0) is 10.1. The fourth-order valence-electron chi connectivity index (χ4n) is 1.38. The summed E-state index contributed by atoms with van der Waals surface area (Å²) in [6.45, 7) is 0.0865. The third-order valence-electron chi connectivity index (χ3n) is 2.06. The number of hydrogen-bond acceptors (Lipinski definition) is 4. The molecule has 1 heterocycles. The summed E-state index contributed by atoms with van der Waals surface area (Å²) in [5.41, 5.74) is 6.49. The van der Waals surface area contributed by atoms with Crippen molar-refractivity contribution in [3.63, 3.8) is 0 Å². The van der Waals surface area contributed by atoms with Gasteiger partial charge < -0.3 is 20.3 Å². The van der Waals surface area contributed by atoms with E-state index in [2.05, 4.69) is 15.9 Å². The topological polar surface area (TPSA) is 64.7 Å². The van der Waals surface area contributed by atoms with Gasteiger partial charge in [0, 0.05) is 10.0 Å². The molecule has 0 saturated heterocycles. The number of hydrogen-bond donors (Lipinski definition) is 2. The molecule has 1 aliphatic rings. The fraction of sp³-hybridized carbons (Fsp3) is 0.333. The monoisotopic (exact) mass is 259 g/mol. The van der Waals surface area contributed by atoms with Gasteiger partial charge in [-0.05, 0) is 12.1 Å². The van der Waals surface area contributed by atoms with Crippen LogP contribution in [0.4, 0.5) is 0 Å². The van der Waals surface area contributed by atoms with Gasteiger partial charge in [0.25, 0.3) is 0 Å². The zero-order valence-electron chi connectivity index (χ0n) is 7.37. The first-order chi connectivity index (χ1) is 6.72.